The molecule has 0 unspecified atom stereocenters. The zero-order valence-electron chi connectivity index (χ0n) is 8.31. The van der Waals surface area contributed by atoms with Gasteiger partial charge in [0.05, 0.1) is 13.2 Å². The zero-order valence-corrected chi connectivity index (χ0v) is 8.31. The van der Waals surface area contributed by atoms with Crippen LogP contribution < -0.4 is 0 Å². The molecule has 0 saturated carbocycles. The molecule has 0 aliphatic carbocycles. The highest BCUT2D eigenvalue weighted by atomic mass is 16.5. The third-order valence-corrected chi connectivity index (χ3v) is 2.74. The van der Waals surface area contributed by atoms with Gasteiger partial charge in [-0.05, 0) is 11.1 Å². The topological polar surface area (TPSA) is 22.1 Å². The highest BCUT2D eigenvalue weighted by Crippen LogP contribution is 2.29. The van der Waals surface area contributed by atoms with Crippen molar-refractivity contribution in [3.63, 3.8) is 0 Å². The largest absolute Gasteiger partial charge is 0.372 e. The van der Waals surface area contributed by atoms with Crippen molar-refractivity contribution in [2.45, 2.75) is 13.2 Å². The average Bonchev–Trinajstić information content (AvgIpc) is 2.78. The number of rotatable bonds is 1. The second kappa shape index (κ2) is 3.48. The number of pyridine rings is 1. The maximum absolute atomic E-state index is 5.44. The monoisotopic (exact) mass is 197 g/mol. The minimum absolute atomic E-state index is 0.697. The molecule has 0 atom stereocenters. The van der Waals surface area contributed by atoms with Crippen LogP contribution >= 0.6 is 0 Å². The summed E-state index contributed by atoms with van der Waals surface area (Å²) in [5.41, 5.74) is 4.92. The maximum Gasteiger partial charge on any atom is 0.0740 e. The number of hydrogen-bond donors (Lipinski definition) is 0. The standard InChI is InChI=1S/C13H11NO/c1-2-4-10(5-3-1)12-7-14-6-11-8-15-9-13(11)12/h1-7H,8-9H2. The van der Waals surface area contributed by atoms with Crippen LogP contribution in [0.1, 0.15) is 11.1 Å². The first-order valence-corrected chi connectivity index (χ1v) is 5.04. The first-order chi connectivity index (χ1) is 7.45. The molecule has 3 rings (SSSR count). The fourth-order valence-corrected chi connectivity index (χ4v) is 1.95. The van der Waals surface area contributed by atoms with Crippen LogP contribution in [-0.4, -0.2) is 4.98 Å². The van der Waals surface area contributed by atoms with E-state index in [4.69, 9.17) is 4.74 Å². The molecule has 2 heterocycles. The van der Waals surface area contributed by atoms with E-state index in [0.717, 1.165) is 0 Å². The second-order valence-corrected chi connectivity index (χ2v) is 3.68. The summed E-state index contributed by atoms with van der Waals surface area (Å²) in [6, 6.07) is 10.3. The van der Waals surface area contributed by atoms with Gasteiger partial charge in [0.2, 0.25) is 0 Å². The second-order valence-electron chi connectivity index (χ2n) is 3.68. The Kier molecular flexibility index (Phi) is 2.00. The summed E-state index contributed by atoms with van der Waals surface area (Å²) >= 11 is 0. The van der Waals surface area contributed by atoms with E-state index in [9.17, 15) is 0 Å². The van der Waals surface area contributed by atoms with Gasteiger partial charge in [-0.3, -0.25) is 4.98 Å². The summed E-state index contributed by atoms with van der Waals surface area (Å²) in [6.45, 7) is 1.41. The van der Waals surface area contributed by atoms with Gasteiger partial charge in [0, 0.05) is 23.5 Å². The number of ether oxygens (including phenoxy) is 1. The third-order valence-electron chi connectivity index (χ3n) is 2.74. The summed E-state index contributed by atoms with van der Waals surface area (Å²) in [5.74, 6) is 0. The number of hydrogen-bond acceptors (Lipinski definition) is 2. The summed E-state index contributed by atoms with van der Waals surface area (Å²) in [4.78, 5) is 4.25. The molecular formula is C13H11NO. The van der Waals surface area contributed by atoms with E-state index in [2.05, 4.69) is 17.1 Å². The SMILES string of the molecule is c1ccc(-c2cncc3c2COC3)cc1. The molecule has 1 aromatic carbocycles. The van der Waals surface area contributed by atoms with Crippen molar-refractivity contribution in [2.24, 2.45) is 0 Å². The van der Waals surface area contributed by atoms with Crippen LogP contribution in [0.5, 0.6) is 0 Å². The van der Waals surface area contributed by atoms with Crippen LogP contribution in [-0.2, 0) is 18.0 Å². The van der Waals surface area contributed by atoms with E-state index in [1.54, 1.807) is 0 Å². The number of nitrogens with zero attached hydrogens (tertiary/aromatic N) is 1. The highest BCUT2D eigenvalue weighted by molar-refractivity contribution is 5.67. The molecule has 0 radical (unpaired) electrons. The Balaban J connectivity index is 2.17. The first-order valence-electron chi connectivity index (χ1n) is 5.04. The van der Waals surface area contributed by atoms with Gasteiger partial charge in [-0.25, -0.2) is 0 Å². The maximum atomic E-state index is 5.44. The lowest BCUT2D eigenvalue weighted by atomic mass is 10.0. The van der Waals surface area contributed by atoms with E-state index in [1.807, 2.05) is 30.6 Å². The quantitative estimate of drug-likeness (QED) is 0.701. The van der Waals surface area contributed by atoms with Gasteiger partial charge in [0.25, 0.3) is 0 Å². The molecule has 0 N–H and O–H groups in total. The van der Waals surface area contributed by atoms with Gasteiger partial charge in [-0.2, -0.15) is 0 Å². The van der Waals surface area contributed by atoms with Crippen LogP contribution in [0.25, 0.3) is 11.1 Å². The number of fused-ring (bicyclic) bond motifs is 1. The summed E-state index contributed by atoms with van der Waals surface area (Å²) < 4.78 is 5.44. The van der Waals surface area contributed by atoms with E-state index in [1.165, 1.54) is 22.3 Å². The van der Waals surface area contributed by atoms with Crippen molar-refractivity contribution in [2.75, 3.05) is 0 Å². The lowest BCUT2D eigenvalue weighted by Gasteiger charge is -2.05. The van der Waals surface area contributed by atoms with Crippen molar-refractivity contribution >= 4 is 0 Å². The van der Waals surface area contributed by atoms with E-state index in [-0.39, 0.29) is 0 Å². The van der Waals surface area contributed by atoms with Gasteiger partial charge in [-0.15, -0.1) is 0 Å². The van der Waals surface area contributed by atoms with Crippen LogP contribution in [0, 0.1) is 0 Å². The Morgan fingerprint density at radius 3 is 2.73 bits per heavy atom. The highest BCUT2D eigenvalue weighted by Gasteiger charge is 2.15. The Labute approximate surface area is 88.5 Å². The molecular weight excluding hydrogens is 186 g/mol. The third kappa shape index (κ3) is 1.43. The van der Waals surface area contributed by atoms with Crippen LogP contribution in [0.4, 0.5) is 0 Å². The smallest absolute Gasteiger partial charge is 0.0740 e. The molecule has 0 bridgehead atoms. The van der Waals surface area contributed by atoms with E-state index >= 15 is 0 Å². The lowest BCUT2D eigenvalue weighted by Crippen LogP contribution is -1.90. The summed E-state index contributed by atoms with van der Waals surface area (Å²) in [5, 5.41) is 0. The van der Waals surface area contributed by atoms with Gasteiger partial charge in [0.15, 0.2) is 0 Å². The molecule has 0 saturated heterocycles. The Hall–Kier alpha value is -1.67. The summed E-state index contributed by atoms with van der Waals surface area (Å²) in [6.07, 6.45) is 3.82. The molecule has 74 valence electrons. The average molecular weight is 197 g/mol. The molecule has 0 fully saturated rings. The van der Waals surface area contributed by atoms with Crippen molar-refractivity contribution < 1.29 is 4.74 Å². The molecule has 2 heteroatoms. The Morgan fingerprint density at radius 1 is 1.00 bits per heavy atom. The molecule has 1 aromatic heterocycles. The fraction of sp³-hybridized carbons (Fsp3) is 0.154. The molecule has 1 aliphatic heterocycles. The minimum atomic E-state index is 0.697. The fourth-order valence-electron chi connectivity index (χ4n) is 1.95. The predicted molar refractivity (Wildman–Crippen MR) is 58.2 cm³/mol. The van der Waals surface area contributed by atoms with Crippen LogP contribution in [0.3, 0.4) is 0 Å². The van der Waals surface area contributed by atoms with Crippen molar-refractivity contribution in [3.8, 4) is 11.1 Å². The number of aromatic nitrogens is 1. The molecule has 2 nitrogen and oxygen atoms in total. The van der Waals surface area contributed by atoms with Gasteiger partial charge in [-0.1, -0.05) is 30.3 Å². The first kappa shape index (κ1) is 8.62. The molecule has 2 aromatic rings. The van der Waals surface area contributed by atoms with Gasteiger partial charge < -0.3 is 4.74 Å². The lowest BCUT2D eigenvalue weighted by molar-refractivity contribution is 0.134. The van der Waals surface area contributed by atoms with Crippen molar-refractivity contribution in [1.29, 1.82) is 0 Å². The van der Waals surface area contributed by atoms with Crippen molar-refractivity contribution in [1.82, 2.24) is 4.98 Å². The van der Waals surface area contributed by atoms with Crippen LogP contribution in [0.15, 0.2) is 42.7 Å². The Morgan fingerprint density at radius 2 is 1.87 bits per heavy atom. The van der Waals surface area contributed by atoms with Crippen LogP contribution in [0.2, 0.25) is 0 Å². The normalized spacial score (nSPS) is 13.9. The van der Waals surface area contributed by atoms with Crippen molar-refractivity contribution in [3.05, 3.63) is 53.9 Å². The van der Waals surface area contributed by atoms with E-state index < -0.39 is 0 Å². The Bertz CT molecular complexity index is 479. The number of benzene rings is 1. The predicted octanol–water partition coefficient (Wildman–Crippen LogP) is 2.78. The summed E-state index contributed by atoms with van der Waals surface area (Å²) in [7, 11) is 0. The molecule has 1 aliphatic rings. The molecule has 15 heavy (non-hydrogen) atoms. The minimum Gasteiger partial charge on any atom is -0.372 e. The molecule has 0 amide bonds. The van der Waals surface area contributed by atoms with Gasteiger partial charge in [0.1, 0.15) is 0 Å². The zero-order chi connectivity index (χ0) is 10.1. The van der Waals surface area contributed by atoms with Gasteiger partial charge >= 0.3 is 0 Å². The molecule has 0 spiro atoms. The van der Waals surface area contributed by atoms with E-state index in [0.29, 0.717) is 13.2 Å².